The zero-order chi connectivity index (χ0) is 9.49. The van der Waals surface area contributed by atoms with Crippen molar-refractivity contribution in [2.24, 2.45) is 9.63 Å². The SMILES string of the molecule is O=NO.[NH2][Mo][C](=O)C(F)(F)F. The van der Waals surface area contributed by atoms with E-state index in [2.05, 4.69) is 4.29 Å². The van der Waals surface area contributed by atoms with E-state index in [1.54, 1.807) is 0 Å². The molecule has 66 valence electrons. The van der Waals surface area contributed by atoms with Crippen molar-refractivity contribution in [3.05, 3.63) is 4.91 Å². The second kappa shape index (κ2) is 6.23. The van der Waals surface area contributed by atoms with Crippen LogP contribution >= 0.6 is 0 Å². The number of nitrogens with two attached hydrogens (primary N) is 1. The van der Waals surface area contributed by atoms with Gasteiger partial charge in [-0.05, 0) is 0 Å². The topological polar surface area (TPSA) is 92.8 Å². The molecule has 0 aliphatic heterocycles. The van der Waals surface area contributed by atoms with Crippen LogP contribution in [0.1, 0.15) is 0 Å². The van der Waals surface area contributed by atoms with Crippen LogP contribution in [-0.4, -0.2) is 15.6 Å². The summed E-state index contributed by atoms with van der Waals surface area (Å²) in [6, 6.07) is 0. The number of halogens is 3. The summed E-state index contributed by atoms with van der Waals surface area (Å²) in [5.74, 6) is 0. The molecule has 0 heterocycles. The van der Waals surface area contributed by atoms with Crippen LogP contribution in [-0.2, 0) is 23.6 Å². The summed E-state index contributed by atoms with van der Waals surface area (Å²) in [7, 11) is 0. The molecule has 0 aromatic heterocycles. The Kier molecular flexibility index (Phi) is 7.44. The Hall–Kier alpha value is -0.492. The minimum absolute atomic E-state index is 1.25. The van der Waals surface area contributed by atoms with Crippen molar-refractivity contribution in [2.75, 3.05) is 0 Å². The second-order valence-corrected chi connectivity index (χ2v) is 2.48. The van der Waals surface area contributed by atoms with Crippen molar-refractivity contribution < 1.29 is 42.0 Å². The van der Waals surface area contributed by atoms with E-state index >= 15 is 0 Å². The zero-order valence-electron chi connectivity index (χ0n) is 4.83. The van der Waals surface area contributed by atoms with Crippen molar-refractivity contribution in [2.45, 2.75) is 6.18 Å². The Morgan fingerprint density at radius 2 is 1.82 bits per heavy atom. The average molecular weight is 256 g/mol. The Balaban J connectivity index is 0. The Morgan fingerprint density at radius 3 is 1.82 bits per heavy atom. The Morgan fingerprint density at radius 1 is 1.55 bits per heavy atom. The van der Waals surface area contributed by atoms with Crippen LogP contribution in [0.3, 0.4) is 0 Å². The average Bonchev–Trinajstić information content (AvgIpc) is 1.86. The van der Waals surface area contributed by atoms with Gasteiger partial charge >= 0.3 is 51.4 Å². The molecule has 0 atom stereocenters. The van der Waals surface area contributed by atoms with Crippen LogP contribution in [0, 0.1) is 4.91 Å². The molecule has 0 aliphatic carbocycles. The summed E-state index contributed by atoms with van der Waals surface area (Å²) in [6.07, 6.45) is -4.70. The summed E-state index contributed by atoms with van der Waals surface area (Å²) in [6.45, 7) is 0. The summed E-state index contributed by atoms with van der Waals surface area (Å²) in [4.78, 5) is 17.8. The molecule has 0 fully saturated rings. The standard InChI is InChI=1S/C2F3O.Mo.HNO2.H2N/c3-2(4,5)1-6;;2-1-3;/h;;(H,2,3);1H2/q;+1;;-1. The normalized spacial score (nSPS) is 9.45. The maximum absolute atomic E-state index is 11.1. The number of rotatable bonds is 1. The van der Waals surface area contributed by atoms with Crippen molar-refractivity contribution >= 4 is 4.17 Å². The first-order valence-electron chi connectivity index (χ1n) is 1.84. The van der Waals surface area contributed by atoms with Gasteiger partial charge in [0.2, 0.25) is 0 Å². The van der Waals surface area contributed by atoms with Crippen LogP contribution < -0.4 is 4.29 Å². The van der Waals surface area contributed by atoms with Gasteiger partial charge < -0.3 is 5.21 Å². The number of hydrogen-bond donors (Lipinski definition) is 2. The molecule has 0 spiro atoms. The third-order valence-electron chi connectivity index (χ3n) is 0.338. The molecule has 0 rings (SSSR count). The van der Waals surface area contributed by atoms with Gasteiger partial charge in [0.15, 0.2) is 5.34 Å². The fourth-order valence-corrected chi connectivity index (χ4v) is 0.395. The molecular formula is C2H3F3MoN2O3. The molecule has 0 radical (unpaired) electrons. The molecule has 0 aromatic rings. The predicted octanol–water partition coefficient (Wildman–Crippen LogP) is 0.174. The van der Waals surface area contributed by atoms with Crippen molar-refractivity contribution in [1.29, 1.82) is 0 Å². The van der Waals surface area contributed by atoms with Gasteiger partial charge in [0.25, 0.3) is 0 Å². The third kappa shape index (κ3) is 9.51. The molecular weight excluding hydrogens is 253 g/mol. The first-order chi connectivity index (χ1) is 4.90. The number of alkyl halides is 3. The van der Waals surface area contributed by atoms with Crippen LogP contribution in [0.15, 0.2) is 5.34 Å². The van der Waals surface area contributed by atoms with Crippen molar-refractivity contribution in [3.8, 4) is 0 Å². The molecule has 0 amide bonds. The minimum atomic E-state index is -4.70. The number of nitrogens with zero attached hydrogens (tertiary/aromatic N) is 1. The van der Waals surface area contributed by atoms with Crippen molar-refractivity contribution in [3.63, 3.8) is 0 Å². The van der Waals surface area contributed by atoms with Gasteiger partial charge in [-0.2, -0.15) is 0 Å². The van der Waals surface area contributed by atoms with E-state index in [-0.39, 0.29) is 0 Å². The first-order valence-corrected chi connectivity index (χ1v) is 4.01. The van der Waals surface area contributed by atoms with E-state index in [1.807, 2.05) is 0 Å². The molecule has 0 aromatic carbocycles. The fraction of sp³-hybridized carbons (Fsp3) is 0.500. The van der Waals surface area contributed by atoms with Gasteiger partial charge in [0, 0.05) is 0 Å². The molecule has 0 saturated carbocycles. The molecule has 3 N–H and O–H groups in total. The zero-order valence-corrected chi connectivity index (χ0v) is 6.84. The van der Waals surface area contributed by atoms with Gasteiger partial charge in [0.05, 0.1) is 0 Å². The molecule has 5 nitrogen and oxygen atoms in total. The quantitative estimate of drug-likeness (QED) is 0.397. The molecule has 11 heavy (non-hydrogen) atoms. The summed E-state index contributed by atoms with van der Waals surface area (Å²) in [5, 5.41) is 7.89. The molecule has 0 bridgehead atoms. The monoisotopic (exact) mass is 258 g/mol. The van der Waals surface area contributed by atoms with Gasteiger partial charge in [-0.25, -0.2) is 0 Å². The van der Waals surface area contributed by atoms with Gasteiger partial charge in [0.1, 0.15) is 0 Å². The van der Waals surface area contributed by atoms with E-state index in [0.717, 1.165) is 0 Å². The van der Waals surface area contributed by atoms with Gasteiger partial charge in [-0.1, -0.05) is 0 Å². The van der Waals surface area contributed by atoms with Crippen molar-refractivity contribution in [1.82, 2.24) is 0 Å². The fourth-order valence-electron chi connectivity index (χ4n) is 0.0668. The van der Waals surface area contributed by atoms with Crippen LogP contribution in [0.5, 0.6) is 0 Å². The third-order valence-corrected chi connectivity index (χ3v) is 1.43. The van der Waals surface area contributed by atoms with E-state index in [0.29, 0.717) is 0 Å². The maximum atomic E-state index is 11.1. The summed E-state index contributed by atoms with van der Waals surface area (Å²) >= 11 is -1.96. The number of carbonyl (C=O) groups is 1. The molecule has 0 aliphatic rings. The van der Waals surface area contributed by atoms with E-state index in [9.17, 15) is 18.0 Å². The first kappa shape index (κ1) is 13.1. The Labute approximate surface area is 67.5 Å². The second-order valence-electron chi connectivity index (χ2n) is 0.985. The van der Waals surface area contributed by atoms with Crippen LogP contribution in [0.2, 0.25) is 0 Å². The van der Waals surface area contributed by atoms with Crippen LogP contribution in [0.4, 0.5) is 13.2 Å². The van der Waals surface area contributed by atoms with E-state index in [1.165, 1.54) is 5.34 Å². The Bertz CT molecular complexity index is 137. The predicted molar refractivity (Wildman–Crippen MR) is 22.8 cm³/mol. The number of carbonyl (C=O) groups excluding carboxylic acids is 1. The van der Waals surface area contributed by atoms with E-state index in [4.69, 9.17) is 10.1 Å². The van der Waals surface area contributed by atoms with Crippen LogP contribution in [0.25, 0.3) is 0 Å². The molecule has 0 unspecified atom stereocenters. The molecule has 9 heteroatoms. The summed E-state index contributed by atoms with van der Waals surface area (Å²) in [5.41, 5.74) is 0. The number of hydrogen-bond acceptors (Lipinski definition) is 4. The molecule has 0 saturated heterocycles. The van der Waals surface area contributed by atoms with E-state index < -0.39 is 29.2 Å². The van der Waals surface area contributed by atoms with Gasteiger partial charge in [-0.3, -0.25) is 0 Å². The van der Waals surface area contributed by atoms with Gasteiger partial charge in [-0.15, -0.1) is 4.91 Å². The summed E-state index contributed by atoms with van der Waals surface area (Å²) < 4.78 is 35.9.